The summed E-state index contributed by atoms with van der Waals surface area (Å²) in [6.45, 7) is 4.49. The van der Waals surface area contributed by atoms with E-state index in [4.69, 9.17) is 5.10 Å². The molecule has 0 bridgehead atoms. The number of hydrogen-bond donors (Lipinski definition) is 1. The van der Waals surface area contributed by atoms with Gasteiger partial charge in [0.25, 0.3) is 0 Å². The van der Waals surface area contributed by atoms with E-state index in [-0.39, 0.29) is 0 Å². The van der Waals surface area contributed by atoms with Crippen LogP contribution in [0.4, 0.5) is 5.82 Å². The molecule has 0 radical (unpaired) electrons. The lowest BCUT2D eigenvalue weighted by Gasteiger charge is -2.16. The fourth-order valence-corrected chi connectivity index (χ4v) is 3.96. The first-order valence-electron chi connectivity index (χ1n) is 10.1. The number of nitrogens with one attached hydrogen (secondary N) is 1. The van der Waals surface area contributed by atoms with Crippen molar-refractivity contribution in [2.45, 2.75) is 31.6 Å². The van der Waals surface area contributed by atoms with Gasteiger partial charge < -0.3 is 10.2 Å². The Kier molecular flexibility index (Phi) is 4.49. The standard InChI is InChI=1S/C21H26N6/c1-2-4-16(5-3-1)10-12-26-13-11-17(15-26)14-22-19-8-9-20-23-24-21(18-6-7-18)27(20)25-19/h1-5,8-9,17-18H,6-7,10-15H2,(H,22,25). The number of hydrogen-bond acceptors (Lipinski definition) is 5. The minimum absolute atomic E-state index is 0.552. The van der Waals surface area contributed by atoms with Gasteiger partial charge in [0.1, 0.15) is 5.82 Å². The van der Waals surface area contributed by atoms with E-state index in [1.54, 1.807) is 0 Å². The molecule has 1 atom stereocenters. The minimum atomic E-state index is 0.552. The highest BCUT2D eigenvalue weighted by molar-refractivity contribution is 5.44. The summed E-state index contributed by atoms with van der Waals surface area (Å²) >= 11 is 0. The van der Waals surface area contributed by atoms with Crippen LogP contribution in [0, 0.1) is 5.92 Å². The molecule has 2 aromatic heterocycles. The second kappa shape index (κ2) is 7.27. The van der Waals surface area contributed by atoms with Crippen molar-refractivity contribution >= 4 is 11.5 Å². The van der Waals surface area contributed by atoms with Gasteiger partial charge in [-0.25, -0.2) is 0 Å². The summed E-state index contributed by atoms with van der Waals surface area (Å²) in [6, 6.07) is 14.8. The summed E-state index contributed by atoms with van der Waals surface area (Å²) in [4.78, 5) is 2.58. The number of anilines is 1. The molecule has 1 aliphatic carbocycles. The van der Waals surface area contributed by atoms with Crippen LogP contribution in [0.1, 0.15) is 36.6 Å². The summed E-state index contributed by atoms with van der Waals surface area (Å²) in [7, 11) is 0. The van der Waals surface area contributed by atoms with Crippen LogP contribution in [0.2, 0.25) is 0 Å². The van der Waals surface area contributed by atoms with Gasteiger partial charge in [-0.15, -0.1) is 15.3 Å². The van der Waals surface area contributed by atoms with Gasteiger partial charge in [0, 0.05) is 25.6 Å². The SMILES string of the molecule is c1ccc(CCN2CCC(CNc3ccc4nnc(C5CC5)n4n3)C2)cc1. The number of benzene rings is 1. The molecule has 6 nitrogen and oxygen atoms in total. The maximum Gasteiger partial charge on any atom is 0.178 e. The smallest absolute Gasteiger partial charge is 0.178 e. The van der Waals surface area contributed by atoms with E-state index in [0.29, 0.717) is 11.8 Å². The van der Waals surface area contributed by atoms with Gasteiger partial charge in [-0.1, -0.05) is 30.3 Å². The normalized spacial score (nSPS) is 20.4. The van der Waals surface area contributed by atoms with E-state index in [1.165, 1.54) is 37.9 Å². The van der Waals surface area contributed by atoms with E-state index in [2.05, 4.69) is 50.7 Å². The molecule has 1 N–H and O–H groups in total. The van der Waals surface area contributed by atoms with Crippen LogP contribution in [0.5, 0.6) is 0 Å². The molecule has 1 saturated carbocycles. The fourth-order valence-electron chi connectivity index (χ4n) is 3.96. The second-order valence-corrected chi connectivity index (χ2v) is 7.89. The van der Waals surface area contributed by atoms with Crippen molar-refractivity contribution in [1.82, 2.24) is 24.7 Å². The van der Waals surface area contributed by atoms with E-state index >= 15 is 0 Å². The summed E-state index contributed by atoms with van der Waals surface area (Å²) in [5, 5.41) is 16.8. The van der Waals surface area contributed by atoms with E-state index in [1.807, 2.05) is 16.6 Å². The molecule has 1 saturated heterocycles. The monoisotopic (exact) mass is 362 g/mol. The average molecular weight is 362 g/mol. The molecular formula is C21H26N6. The van der Waals surface area contributed by atoms with Crippen LogP contribution in [0.25, 0.3) is 5.65 Å². The van der Waals surface area contributed by atoms with Crippen LogP contribution in [0.15, 0.2) is 42.5 Å². The lowest BCUT2D eigenvalue weighted by Crippen LogP contribution is -2.25. The molecule has 3 aromatic rings. The molecule has 5 rings (SSSR count). The van der Waals surface area contributed by atoms with E-state index in [0.717, 1.165) is 36.8 Å². The zero-order chi connectivity index (χ0) is 18.1. The lowest BCUT2D eigenvalue weighted by atomic mass is 10.1. The molecule has 6 heteroatoms. The van der Waals surface area contributed by atoms with Gasteiger partial charge in [-0.3, -0.25) is 0 Å². The van der Waals surface area contributed by atoms with Crippen molar-refractivity contribution in [3.63, 3.8) is 0 Å². The molecule has 0 amide bonds. The highest BCUT2D eigenvalue weighted by atomic mass is 15.4. The fraction of sp³-hybridized carbons (Fsp3) is 0.476. The third-order valence-electron chi connectivity index (χ3n) is 5.73. The van der Waals surface area contributed by atoms with E-state index < -0.39 is 0 Å². The van der Waals surface area contributed by atoms with Crippen molar-refractivity contribution in [2.24, 2.45) is 5.92 Å². The van der Waals surface area contributed by atoms with Gasteiger partial charge in [0.05, 0.1) is 0 Å². The van der Waals surface area contributed by atoms with Gasteiger partial charge in [0.15, 0.2) is 11.5 Å². The highest BCUT2D eigenvalue weighted by Crippen LogP contribution is 2.38. The van der Waals surface area contributed by atoms with Crippen LogP contribution in [0.3, 0.4) is 0 Å². The molecule has 1 aromatic carbocycles. The summed E-state index contributed by atoms with van der Waals surface area (Å²) in [5.41, 5.74) is 2.27. The quantitative estimate of drug-likeness (QED) is 0.700. The third kappa shape index (κ3) is 3.81. The van der Waals surface area contributed by atoms with Gasteiger partial charge in [-0.05, 0) is 55.8 Å². The van der Waals surface area contributed by atoms with Crippen molar-refractivity contribution in [1.29, 1.82) is 0 Å². The van der Waals surface area contributed by atoms with E-state index in [9.17, 15) is 0 Å². The zero-order valence-corrected chi connectivity index (χ0v) is 15.6. The number of fused-ring (bicyclic) bond motifs is 1. The van der Waals surface area contributed by atoms with Crippen molar-refractivity contribution in [3.8, 4) is 0 Å². The number of rotatable bonds is 7. The Morgan fingerprint density at radius 1 is 1.00 bits per heavy atom. The number of likely N-dealkylation sites (tertiary alicyclic amines) is 1. The maximum absolute atomic E-state index is 4.72. The molecular weight excluding hydrogens is 336 g/mol. The predicted octanol–water partition coefficient (Wildman–Crippen LogP) is 2.98. The number of nitrogens with zero attached hydrogens (tertiary/aromatic N) is 5. The lowest BCUT2D eigenvalue weighted by molar-refractivity contribution is 0.330. The van der Waals surface area contributed by atoms with Crippen LogP contribution in [-0.4, -0.2) is 50.9 Å². The highest BCUT2D eigenvalue weighted by Gasteiger charge is 2.29. The molecule has 27 heavy (non-hydrogen) atoms. The maximum atomic E-state index is 4.72. The number of aromatic nitrogens is 4. The first-order valence-corrected chi connectivity index (χ1v) is 10.1. The van der Waals surface area contributed by atoms with Gasteiger partial charge >= 0.3 is 0 Å². The van der Waals surface area contributed by atoms with Crippen LogP contribution >= 0.6 is 0 Å². The van der Waals surface area contributed by atoms with Crippen LogP contribution < -0.4 is 5.32 Å². The van der Waals surface area contributed by atoms with Gasteiger partial charge in [0.2, 0.25) is 0 Å². The first kappa shape index (κ1) is 16.7. The average Bonchev–Trinajstić information content (AvgIpc) is 3.30. The first-order chi connectivity index (χ1) is 13.3. The molecule has 2 fully saturated rings. The zero-order valence-electron chi connectivity index (χ0n) is 15.6. The largest absolute Gasteiger partial charge is 0.368 e. The van der Waals surface area contributed by atoms with Crippen molar-refractivity contribution < 1.29 is 0 Å². The topological polar surface area (TPSA) is 58.3 Å². The van der Waals surface area contributed by atoms with Crippen molar-refractivity contribution in [3.05, 3.63) is 53.9 Å². The minimum Gasteiger partial charge on any atom is -0.368 e. The predicted molar refractivity (Wildman–Crippen MR) is 106 cm³/mol. The molecule has 0 spiro atoms. The Morgan fingerprint density at radius 2 is 1.89 bits per heavy atom. The molecule has 140 valence electrons. The van der Waals surface area contributed by atoms with Crippen molar-refractivity contribution in [2.75, 3.05) is 31.5 Å². The summed E-state index contributed by atoms with van der Waals surface area (Å²) in [6.07, 6.45) is 4.81. The summed E-state index contributed by atoms with van der Waals surface area (Å²) in [5.74, 6) is 3.17. The third-order valence-corrected chi connectivity index (χ3v) is 5.73. The van der Waals surface area contributed by atoms with Gasteiger partial charge in [-0.2, -0.15) is 4.52 Å². The Balaban J connectivity index is 1.14. The molecule has 1 aliphatic heterocycles. The Labute approximate surface area is 159 Å². The second-order valence-electron chi connectivity index (χ2n) is 7.89. The molecule has 1 unspecified atom stereocenters. The molecule has 2 aliphatic rings. The van der Waals surface area contributed by atoms with Crippen LogP contribution in [-0.2, 0) is 6.42 Å². The Hall–Kier alpha value is -2.47. The Bertz CT molecular complexity index is 901. The molecule has 3 heterocycles. The Morgan fingerprint density at radius 3 is 2.74 bits per heavy atom. The summed E-state index contributed by atoms with van der Waals surface area (Å²) < 4.78 is 1.92.